The lowest BCUT2D eigenvalue weighted by atomic mass is 9.83. The van der Waals surface area contributed by atoms with Crippen molar-refractivity contribution in [2.45, 2.75) is 0 Å². The van der Waals surface area contributed by atoms with E-state index in [1.54, 1.807) is 0 Å². The molecule has 0 saturated carbocycles. The molecule has 0 bridgehead atoms. The molecule has 0 N–H and O–H groups in total. The molecule has 9 aromatic carbocycles. The standard InChI is InChI=1S/C46H28O/c1-3-13-33-29(11-1)21-22-30-23-24-32(27-42(30)33)45-37-16-6-8-18-39(37)46(40-19-9-7-17-38(40)45)41-26-25-36(34-14-4-5-15-35(34)41)44-28-31-12-2-10-20-43(31)47-44/h1-28H/i6D,7D,8D,9D,16D,17D,18D,19D. The molecule has 10 rings (SSSR count). The highest BCUT2D eigenvalue weighted by Gasteiger charge is 2.20. The largest absolute Gasteiger partial charge is 0.456 e. The first-order chi connectivity index (χ1) is 26.6. The van der Waals surface area contributed by atoms with E-state index in [4.69, 9.17) is 9.90 Å². The zero-order valence-corrected chi connectivity index (χ0v) is 25.0. The minimum Gasteiger partial charge on any atom is -0.456 e. The Labute approximate surface area is 283 Å². The number of benzene rings is 9. The first-order valence-corrected chi connectivity index (χ1v) is 15.5. The van der Waals surface area contributed by atoms with Crippen LogP contribution in [0.1, 0.15) is 11.0 Å². The molecule has 0 aliphatic carbocycles. The highest BCUT2D eigenvalue weighted by Crippen LogP contribution is 2.47. The molecule has 0 radical (unpaired) electrons. The highest BCUT2D eigenvalue weighted by atomic mass is 16.3. The summed E-state index contributed by atoms with van der Waals surface area (Å²) >= 11 is 0. The zero-order valence-electron chi connectivity index (χ0n) is 33.0. The van der Waals surface area contributed by atoms with Crippen LogP contribution in [-0.4, -0.2) is 0 Å². The predicted octanol–water partition coefficient (Wildman–Crippen LogP) is 13.2. The second-order valence-electron chi connectivity index (χ2n) is 11.8. The molecular formula is C46H28O. The van der Waals surface area contributed by atoms with Crippen molar-refractivity contribution in [3.63, 3.8) is 0 Å². The molecule has 0 saturated heterocycles. The van der Waals surface area contributed by atoms with Crippen LogP contribution < -0.4 is 0 Å². The lowest BCUT2D eigenvalue weighted by Crippen LogP contribution is -1.92. The monoisotopic (exact) mass is 604 g/mol. The van der Waals surface area contributed by atoms with E-state index in [1.807, 2.05) is 121 Å². The number of hydrogen-bond acceptors (Lipinski definition) is 1. The lowest BCUT2D eigenvalue weighted by molar-refractivity contribution is 0.632. The fraction of sp³-hybridized carbons (Fsp3) is 0. The molecule has 1 nitrogen and oxygen atoms in total. The van der Waals surface area contributed by atoms with Crippen molar-refractivity contribution >= 4 is 64.8 Å². The Morgan fingerprint density at radius 3 is 1.62 bits per heavy atom. The van der Waals surface area contributed by atoms with Gasteiger partial charge in [0, 0.05) is 10.9 Å². The molecule has 0 atom stereocenters. The minimum atomic E-state index is -0.433. The predicted molar refractivity (Wildman–Crippen MR) is 200 cm³/mol. The average Bonchev–Trinajstić information content (AvgIpc) is 3.66. The summed E-state index contributed by atoms with van der Waals surface area (Å²) in [6, 6.07) is 36.2. The summed E-state index contributed by atoms with van der Waals surface area (Å²) in [5.74, 6) is 0.654. The van der Waals surface area contributed by atoms with Gasteiger partial charge in [-0.15, -0.1) is 0 Å². The van der Waals surface area contributed by atoms with Crippen LogP contribution in [0.5, 0.6) is 0 Å². The molecule has 218 valence electrons. The maximum Gasteiger partial charge on any atom is 0.136 e. The molecule has 10 aromatic rings. The minimum absolute atomic E-state index is 0.179. The normalized spacial score (nSPS) is 14.2. The van der Waals surface area contributed by atoms with Crippen molar-refractivity contribution in [2.75, 3.05) is 0 Å². The van der Waals surface area contributed by atoms with Crippen molar-refractivity contribution in [2.24, 2.45) is 0 Å². The van der Waals surface area contributed by atoms with Gasteiger partial charge in [0.2, 0.25) is 0 Å². The molecule has 0 aliphatic heterocycles. The van der Waals surface area contributed by atoms with Crippen molar-refractivity contribution < 1.29 is 15.4 Å². The molecule has 0 aliphatic rings. The third kappa shape index (κ3) is 3.97. The van der Waals surface area contributed by atoms with Gasteiger partial charge in [-0.3, -0.25) is 0 Å². The summed E-state index contributed by atoms with van der Waals surface area (Å²) in [4.78, 5) is 0. The van der Waals surface area contributed by atoms with E-state index in [1.165, 1.54) is 0 Å². The summed E-state index contributed by atoms with van der Waals surface area (Å²) in [6.07, 6.45) is 0. The van der Waals surface area contributed by atoms with Crippen molar-refractivity contribution in [3.05, 3.63) is 170 Å². The van der Waals surface area contributed by atoms with Crippen LogP contribution >= 0.6 is 0 Å². The fourth-order valence-electron chi connectivity index (χ4n) is 7.19. The van der Waals surface area contributed by atoms with Gasteiger partial charge in [0.25, 0.3) is 0 Å². The van der Waals surface area contributed by atoms with Gasteiger partial charge in [0.15, 0.2) is 0 Å². The maximum absolute atomic E-state index is 9.46. The van der Waals surface area contributed by atoms with Crippen LogP contribution in [0.15, 0.2) is 174 Å². The average molecular weight is 605 g/mol. The summed E-state index contributed by atoms with van der Waals surface area (Å²) < 4.78 is 79.6. The molecule has 1 heterocycles. The van der Waals surface area contributed by atoms with Gasteiger partial charge < -0.3 is 4.42 Å². The highest BCUT2D eigenvalue weighted by molar-refractivity contribution is 6.24. The van der Waals surface area contributed by atoms with Crippen LogP contribution in [0.2, 0.25) is 0 Å². The van der Waals surface area contributed by atoms with Crippen LogP contribution in [0.25, 0.3) is 98.4 Å². The van der Waals surface area contributed by atoms with E-state index in [0.29, 0.717) is 28.0 Å². The van der Waals surface area contributed by atoms with Gasteiger partial charge in [-0.2, -0.15) is 0 Å². The second-order valence-corrected chi connectivity index (χ2v) is 11.8. The van der Waals surface area contributed by atoms with E-state index in [0.717, 1.165) is 48.9 Å². The van der Waals surface area contributed by atoms with Crippen LogP contribution in [0.4, 0.5) is 0 Å². The Hall–Kier alpha value is -6.18. The van der Waals surface area contributed by atoms with E-state index in [9.17, 15) is 5.48 Å². The number of hydrogen-bond donors (Lipinski definition) is 0. The van der Waals surface area contributed by atoms with E-state index in [-0.39, 0.29) is 45.7 Å². The number of rotatable bonds is 3. The third-order valence-electron chi connectivity index (χ3n) is 9.29. The van der Waals surface area contributed by atoms with Crippen molar-refractivity contribution in [1.29, 1.82) is 0 Å². The second kappa shape index (κ2) is 10.2. The smallest absolute Gasteiger partial charge is 0.136 e. The first kappa shape index (κ1) is 19.4. The number of furan rings is 1. The van der Waals surface area contributed by atoms with E-state index in [2.05, 4.69) is 0 Å². The molecule has 1 heteroatoms. The van der Waals surface area contributed by atoms with Gasteiger partial charge in [-0.05, 0) is 100 Å². The maximum atomic E-state index is 9.46. The number of para-hydroxylation sites is 1. The van der Waals surface area contributed by atoms with Crippen LogP contribution in [0, 0.1) is 0 Å². The van der Waals surface area contributed by atoms with E-state index >= 15 is 0 Å². The molecule has 0 fully saturated rings. The topological polar surface area (TPSA) is 13.1 Å². The molecular weight excluding hydrogens is 569 g/mol. The summed E-state index contributed by atoms with van der Waals surface area (Å²) in [6.45, 7) is 0. The van der Waals surface area contributed by atoms with E-state index < -0.39 is 24.2 Å². The molecule has 0 spiro atoms. The quantitative estimate of drug-likeness (QED) is 0.144. The van der Waals surface area contributed by atoms with Gasteiger partial charge in [0.1, 0.15) is 11.3 Å². The Morgan fingerprint density at radius 1 is 0.383 bits per heavy atom. The van der Waals surface area contributed by atoms with Gasteiger partial charge >= 0.3 is 0 Å². The molecule has 1 aromatic heterocycles. The molecule has 0 unspecified atom stereocenters. The summed E-state index contributed by atoms with van der Waals surface area (Å²) in [7, 11) is 0. The van der Waals surface area contributed by atoms with Crippen LogP contribution in [0.3, 0.4) is 0 Å². The fourth-order valence-corrected chi connectivity index (χ4v) is 7.19. The summed E-state index contributed by atoms with van der Waals surface area (Å²) in [5, 5.41) is 7.11. The van der Waals surface area contributed by atoms with Crippen molar-refractivity contribution in [3.8, 4) is 33.6 Å². The zero-order chi connectivity index (χ0) is 37.9. The SMILES string of the molecule is [2H]c1c([2H])c([2H])c2c(-c3ccc(-c4cc5ccccc5o4)c4ccccc34)c3c([2H])c([2H])c([2H])c([2H])c3c(-c3ccc4ccc5ccccc5c4c3)c2c1[2H]. The Bertz CT molecular complexity index is 3200. The van der Waals surface area contributed by atoms with Gasteiger partial charge in [0.05, 0.1) is 11.0 Å². The first-order valence-electron chi connectivity index (χ1n) is 19.5. The third-order valence-corrected chi connectivity index (χ3v) is 9.29. The molecule has 47 heavy (non-hydrogen) atoms. The molecule has 0 amide bonds. The lowest BCUT2D eigenvalue weighted by Gasteiger charge is -2.19. The Balaban J connectivity index is 1.41. The van der Waals surface area contributed by atoms with Crippen LogP contribution in [-0.2, 0) is 0 Å². The summed E-state index contributed by atoms with van der Waals surface area (Å²) in [5.41, 5.74) is 3.33. The van der Waals surface area contributed by atoms with Gasteiger partial charge in [-0.25, -0.2) is 0 Å². The number of fused-ring (bicyclic) bond motifs is 7. The Morgan fingerprint density at radius 2 is 0.915 bits per heavy atom. The Kier molecular flexibility index (Phi) is 4.19. The van der Waals surface area contributed by atoms with Crippen molar-refractivity contribution in [1.82, 2.24) is 0 Å². The van der Waals surface area contributed by atoms with Gasteiger partial charge in [-0.1, -0.05) is 145 Å².